The minimum atomic E-state index is -0.623. The van der Waals surface area contributed by atoms with Gasteiger partial charge in [0.25, 0.3) is 0 Å². The molecule has 114 valence electrons. The number of aromatic nitrogens is 3. The van der Waals surface area contributed by atoms with E-state index in [1.807, 2.05) is 4.68 Å². The Kier molecular flexibility index (Phi) is 5.16. The molecule has 5 heteroatoms. The van der Waals surface area contributed by atoms with E-state index in [-0.39, 0.29) is 0 Å². The lowest BCUT2D eigenvalue weighted by Crippen LogP contribution is -2.35. The summed E-state index contributed by atoms with van der Waals surface area (Å²) >= 11 is 0. The molecular formula is C15H28N4O. The highest BCUT2D eigenvalue weighted by Crippen LogP contribution is 2.26. The Hall–Kier alpha value is -0.940. The maximum absolute atomic E-state index is 10.9. The second-order valence-electron chi connectivity index (χ2n) is 6.31. The first-order valence-electron chi connectivity index (χ1n) is 7.87. The van der Waals surface area contributed by atoms with Crippen molar-refractivity contribution in [1.29, 1.82) is 0 Å². The average Bonchev–Trinajstić information content (AvgIpc) is 2.76. The summed E-state index contributed by atoms with van der Waals surface area (Å²) in [6.45, 7) is 9.63. The van der Waals surface area contributed by atoms with Gasteiger partial charge in [0.05, 0.1) is 5.60 Å². The summed E-state index contributed by atoms with van der Waals surface area (Å²) in [5, 5.41) is 15.2. The van der Waals surface area contributed by atoms with Gasteiger partial charge in [0, 0.05) is 19.0 Å². The number of aliphatic hydroxyl groups is 1. The van der Waals surface area contributed by atoms with Crippen molar-refractivity contribution in [2.45, 2.75) is 64.5 Å². The Morgan fingerprint density at radius 2 is 2.15 bits per heavy atom. The van der Waals surface area contributed by atoms with Crippen LogP contribution in [0.3, 0.4) is 0 Å². The number of likely N-dealkylation sites (tertiary alicyclic amines) is 1. The zero-order chi connectivity index (χ0) is 14.6. The predicted octanol–water partition coefficient (Wildman–Crippen LogP) is 2.03. The molecule has 1 aromatic rings. The topological polar surface area (TPSA) is 54.2 Å². The first kappa shape index (κ1) is 15.4. The van der Waals surface area contributed by atoms with E-state index >= 15 is 0 Å². The van der Waals surface area contributed by atoms with Crippen molar-refractivity contribution in [3.05, 3.63) is 12.2 Å². The molecule has 0 bridgehead atoms. The summed E-state index contributed by atoms with van der Waals surface area (Å²) in [7, 11) is 0. The van der Waals surface area contributed by atoms with Gasteiger partial charge in [0.15, 0.2) is 0 Å². The number of hydrogen-bond acceptors (Lipinski definition) is 4. The van der Waals surface area contributed by atoms with E-state index in [9.17, 15) is 5.11 Å². The zero-order valence-corrected chi connectivity index (χ0v) is 13.0. The lowest BCUT2D eigenvalue weighted by atomic mass is 9.91. The summed E-state index contributed by atoms with van der Waals surface area (Å²) < 4.78 is 1.92. The smallest absolute Gasteiger partial charge is 0.138 e. The molecule has 1 aliphatic rings. The summed E-state index contributed by atoms with van der Waals surface area (Å²) in [5.74, 6) is 0.909. The molecule has 1 unspecified atom stereocenters. The third kappa shape index (κ3) is 3.79. The van der Waals surface area contributed by atoms with Crippen LogP contribution in [0.1, 0.15) is 58.3 Å². The normalized spacial score (nSPS) is 25.1. The van der Waals surface area contributed by atoms with Gasteiger partial charge in [-0.2, -0.15) is 5.10 Å². The third-order valence-corrected chi connectivity index (χ3v) is 4.17. The molecule has 1 N–H and O–H groups in total. The molecule has 2 heterocycles. The molecule has 2 rings (SSSR count). The predicted molar refractivity (Wildman–Crippen MR) is 79.6 cm³/mol. The van der Waals surface area contributed by atoms with Crippen LogP contribution in [0.15, 0.2) is 6.33 Å². The molecule has 0 amide bonds. The number of hydrogen-bond donors (Lipinski definition) is 1. The Bertz CT molecular complexity index is 418. The van der Waals surface area contributed by atoms with Crippen LogP contribution in [0.4, 0.5) is 0 Å². The molecular weight excluding hydrogens is 252 g/mol. The van der Waals surface area contributed by atoms with Crippen molar-refractivity contribution < 1.29 is 5.11 Å². The molecule has 20 heavy (non-hydrogen) atoms. The van der Waals surface area contributed by atoms with Crippen LogP contribution in [0.25, 0.3) is 0 Å². The maximum atomic E-state index is 10.9. The van der Waals surface area contributed by atoms with Gasteiger partial charge in [-0.05, 0) is 52.6 Å². The zero-order valence-electron chi connectivity index (χ0n) is 13.0. The van der Waals surface area contributed by atoms with E-state index in [4.69, 9.17) is 0 Å². The monoisotopic (exact) mass is 280 g/mol. The van der Waals surface area contributed by atoms with E-state index < -0.39 is 5.60 Å². The molecule has 0 saturated carbocycles. The fourth-order valence-corrected chi connectivity index (χ4v) is 3.08. The summed E-state index contributed by atoms with van der Waals surface area (Å²) in [4.78, 5) is 6.80. The standard InChI is InChI=1S/C15H28N4O/c1-4-8-18-9-5-6-15(20,7-10-18)11-14-16-12-17-19(14)13(2)3/h12-13,20H,4-11H2,1-3H3. The lowest BCUT2D eigenvalue weighted by molar-refractivity contribution is 0.0226. The third-order valence-electron chi connectivity index (χ3n) is 4.17. The fraction of sp³-hybridized carbons (Fsp3) is 0.867. The van der Waals surface area contributed by atoms with Gasteiger partial charge in [-0.25, -0.2) is 9.67 Å². The maximum Gasteiger partial charge on any atom is 0.138 e. The molecule has 5 nitrogen and oxygen atoms in total. The first-order chi connectivity index (χ1) is 9.54. The van der Waals surface area contributed by atoms with Gasteiger partial charge in [0.2, 0.25) is 0 Å². The number of rotatable bonds is 5. The molecule has 1 atom stereocenters. The summed E-state index contributed by atoms with van der Waals surface area (Å²) in [5.41, 5.74) is -0.623. The molecule has 1 fully saturated rings. The van der Waals surface area contributed by atoms with Gasteiger partial charge in [-0.1, -0.05) is 6.92 Å². The molecule has 1 aromatic heterocycles. The summed E-state index contributed by atoms with van der Waals surface area (Å²) in [6, 6.07) is 0.290. The second-order valence-corrected chi connectivity index (χ2v) is 6.31. The van der Waals surface area contributed by atoms with Crippen LogP contribution in [0.2, 0.25) is 0 Å². The molecule has 0 aliphatic carbocycles. The largest absolute Gasteiger partial charge is 0.389 e. The Morgan fingerprint density at radius 1 is 1.35 bits per heavy atom. The molecule has 0 aromatic carbocycles. The Balaban J connectivity index is 2.02. The lowest BCUT2D eigenvalue weighted by Gasteiger charge is -2.27. The van der Waals surface area contributed by atoms with E-state index in [2.05, 4.69) is 35.8 Å². The highest BCUT2D eigenvalue weighted by Gasteiger charge is 2.32. The van der Waals surface area contributed by atoms with Crippen LogP contribution in [-0.2, 0) is 6.42 Å². The van der Waals surface area contributed by atoms with E-state index in [0.29, 0.717) is 12.5 Å². The van der Waals surface area contributed by atoms with Crippen LogP contribution in [0, 0.1) is 0 Å². The minimum absolute atomic E-state index is 0.290. The minimum Gasteiger partial charge on any atom is -0.389 e. The van der Waals surface area contributed by atoms with Crippen LogP contribution < -0.4 is 0 Å². The van der Waals surface area contributed by atoms with Gasteiger partial charge in [0.1, 0.15) is 12.2 Å². The highest BCUT2D eigenvalue weighted by atomic mass is 16.3. The van der Waals surface area contributed by atoms with E-state index in [1.54, 1.807) is 6.33 Å². The number of nitrogens with zero attached hydrogens (tertiary/aromatic N) is 4. The Morgan fingerprint density at radius 3 is 2.85 bits per heavy atom. The van der Waals surface area contributed by atoms with Crippen molar-refractivity contribution >= 4 is 0 Å². The van der Waals surface area contributed by atoms with Gasteiger partial charge in [-0.15, -0.1) is 0 Å². The fourth-order valence-electron chi connectivity index (χ4n) is 3.08. The first-order valence-corrected chi connectivity index (χ1v) is 7.87. The molecule has 1 saturated heterocycles. The molecule has 0 spiro atoms. The van der Waals surface area contributed by atoms with Crippen molar-refractivity contribution in [2.24, 2.45) is 0 Å². The molecule has 0 radical (unpaired) electrons. The van der Waals surface area contributed by atoms with Gasteiger partial charge in [-0.3, -0.25) is 0 Å². The van der Waals surface area contributed by atoms with Crippen molar-refractivity contribution in [1.82, 2.24) is 19.7 Å². The average molecular weight is 280 g/mol. The second kappa shape index (κ2) is 6.68. The van der Waals surface area contributed by atoms with Crippen LogP contribution in [-0.4, -0.2) is 50.0 Å². The quantitative estimate of drug-likeness (QED) is 0.896. The van der Waals surface area contributed by atoms with Crippen LogP contribution >= 0.6 is 0 Å². The van der Waals surface area contributed by atoms with Crippen molar-refractivity contribution in [2.75, 3.05) is 19.6 Å². The summed E-state index contributed by atoms with van der Waals surface area (Å²) in [6.07, 6.45) is 6.15. The van der Waals surface area contributed by atoms with Gasteiger partial charge < -0.3 is 10.0 Å². The SMILES string of the molecule is CCCN1CCCC(O)(Cc2ncnn2C(C)C)CC1. The Labute approximate surface area is 122 Å². The van der Waals surface area contributed by atoms with Gasteiger partial charge >= 0.3 is 0 Å². The van der Waals surface area contributed by atoms with Crippen molar-refractivity contribution in [3.63, 3.8) is 0 Å². The van der Waals surface area contributed by atoms with E-state index in [1.165, 1.54) is 6.42 Å². The van der Waals surface area contributed by atoms with Crippen molar-refractivity contribution in [3.8, 4) is 0 Å². The van der Waals surface area contributed by atoms with Crippen LogP contribution in [0.5, 0.6) is 0 Å². The highest BCUT2D eigenvalue weighted by molar-refractivity contribution is 4.97. The van der Waals surface area contributed by atoms with E-state index in [0.717, 1.165) is 44.7 Å². The molecule has 1 aliphatic heterocycles.